The van der Waals surface area contributed by atoms with Gasteiger partial charge in [0.2, 0.25) is 0 Å². The molecule has 1 fully saturated rings. The standard InChI is InChI=1S/C12H12O3/c1-14-11-4-2-9(3-5-11)8-10-6-7-15-12(10)13/h2-5,8H,6-7H2,1H3. The monoisotopic (exact) mass is 204 g/mol. The van der Waals surface area contributed by atoms with Crippen molar-refractivity contribution in [2.24, 2.45) is 0 Å². The third-order valence-electron chi connectivity index (χ3n) is 2.32. The molecule has 0 bridgehead atoms. The van der Waals surface area contributed by atoms with E-state index in [1.807, 2.05) is 30.3 Å². The highest BCUT2D eigenvalue weighted by Crippen LogP contribution is 2.19. The molecule has 78 valence electrons. The van der Waals surface area contributed by atoms with Crippen LogP contribution >= 0.6 is 0 Å². The Balaban J connectivity index is 2.20. The number of rotatable bonds is 2. The molecule has 0 saturated carbocycles. The molecular formula is C12H12O3. The normalized spacial score (nSPS) is 17.9. The Morgan fingerprint density at radius 2 is 2.07 bits per heavy atom. The highest BCUT2D eigenvalue weighted by Gasteiger charge is 2.17. The van der Waals surface area contributed by atoms with Crippen molar-refractivity contribution in [1.29, 1.82) is 0 Å². The molecular weight excluding hydrogens is 192 g/mol. The summed E-state index contributed by atoms with van der Waals surface area (Å²) < 4.78 is 9.90. The van der Waals surface area contributed by atoms with Gasteiger partial charge in [-0.15, -0.1) is 0 Å². The van der Waals surface area contributed by atoms with Gasteiger partial charge >= 0.3 is 5.97 Å². The zero-order chi connectivity index (χ0) is 10.7. The minimum Gasteiger partial charge on any atom is -0.497 e. The van der Waals surface area contributed by atoms with E-state index >= 15 is 0 Å². The molecule has 3 nitrogen and oxygen atoms in total. The van der Waals surface area contributed by atoms with Crippen LogP contribution in [0.2, 0.25) is 0 Å². The molecule has 0 N–H and O–H groups in total. The molecule has 0 amide bonds. The second-order valence-electron chi connectivity index (χ2n) is 3.33. The maximum atomic E-state index is 11.2. The minimum absolute atomic E-state index is 0.203. The fourth-order valence-electron chi connectivity index (χ4n) is 1.48. The van der Waals surface area contributed by atoms with Crippen LogP contribution in [0.15, 0.2) is 29.8 Å². The second-order valence-corrected chi connectivity index (χ2v) is 3.33. The fraction of sp³-hybridized carbons (Fsp3) is 0.250. The highest BCUT2D eigenvalue weighted by atomic mass is 16.5. The lowest BCUT2D eigenvalue weighted by Crippen LogP contribution is -1.94. The van der Waals surface area contributed by atoms with Crippen molar-refractivity contribution in [3.05, 3.63) is 35.4 Å². The molecule has 1 aromatic rings. The molecule has 0 aromatic heterocycles. The van der Waals surface area contributed by atoms with Crippen LogP contribution in [-0.4, -0.2) is 19.7 Å². The third-order valence-corrected chi connectivity index (χ3v) is 2.32. The summed E-state index contributed by atoms with van der Waals surface area (Å²) in [5.74, 6) is 0.608. The number of carbonyl (C=O) groups is 1. The SMILES string of the molecule is COc1ccc(C=C2CCOC2=O)cc1. The highest BCUT2D eigenvalue weighted by molar-refractivity contribution is 5.95. The van der Waals surface area contributed by atoms with Crippen molar-refractivity contribution in [3.8, 4) is 5.75 Å². The molecule has 0 radical (unpaired) electrons. The molecule has 1 aromatic carbocycles. The van der Waals surface area contributed by atoms with E-state index < -0.39 is 0 Å². The van der Waals surface area contributed by atoms with Crippen LogP contribution < -0.4 is 4.74 Å². The van der Waals surface area contributed by atoms with Crippen LogP contribution in [0.4, 0.5) is 0 Å². The van der Waals surface area contributed by atoms with Gasteiger partial charge in [0, 0.05) is 12.0 Å². The van der Waals surface area contributed by atoms with E-state index in [0.717, 1.165) is 16.9 Å². The number of carbonyl (C=O) groups excluding carboxylic acids is 1. The van der Waals surface area contributed by atoms with Crippen molar-refractivity contribution in [2.45, 2.75) is 6.42 Å². The molecule has 15 heavy (non-hydrogen) atoms. The van der Waals surface area contributed by atoms with E-state index in [2.05, 4.69) is 0 Å². The molecule has 1 heterocycles. The Labute approximate surface area is 88.3 Å². The Morgan fingerprint density at radius 3 is 2.60 bits per heavy atom. The van der Waals surface area contributed by atoms with E-state index in [1.54, 1.807) is 7.11 Å². The molecule has 1 aliphatic heterocycles. The number of benzene rings is 1. The summed E-state index contributed by atoms with van der Waals surface area (Å²) in [6.45, 7) is 0.501. The summed E-state index contributed by atoms with van der Waals surface area (Å²) >= 11 is 0. The molecule has 2 rings (SSSR count). The summed E-state index contributed by atoms with van der Waals surface area (Å²) in [4.78, 5) is 11.2. The van der Waals surface area contributed by atoms with E-state index in [4.69, 9.17) is 9.47 Å². The zero-order valence-electron chi connectivity index (χ0n) is 8.53. The van der Waals surface area contributed by atoms with Gasteiger partial charge in [0.1, 0.15) is 5.75 Å². The van der Waals surface area contributed by atoms with Gasteiger partial charge in [-0.05, 0) is 23.8 Å². The summed E-state index contributed by atoms with van der Waals surface area (Å²) in [5.41, 5.74) is 1.73. The molecule has 0 spiro atoms. The van der Waals surface area contributed by atoms with E-state index in [1.165, 1.54) is 0 Å². The molecule has 3 heteroatoms. The zero-order valence-corrected chi connectivity index (χ0v) is 8.53. The second kappa shape index (κ2) is 4.17. The van der Waals surface area contributed by atoms with Gasteiger partial charge in [0.05, 0.1) is 13.7 Å². The van der Waals surface area contributed by atoms with Crippen molar-refractivity contribution in [1.82, 2.24) is 0 Å². The first-order valence-corrected chi connectivity index (χ1v) is 4.81. The van der Waals surface area contributed by atoms with Crippen LogP contribution in [0.5, 0.6) is 5.75 Å². The molecule has 0 atom stereocenters. The summed E-state index contributed by atoms with van der Waals surface area (Å²) in [5, 5.41) is 0. The number of esters is 1. The van der Waals surface area contributed by atoms with Gasteiger partial charge in [0.25, 0.3) is 0 Å². The van der Waals surface area contributed by atoms with Crippen LogP contribution in [-0.2, 0) is 9.53 Å². The number of ether oxygens (including phenoxy) is 2. The van der Waals surface area contributed by atoms with Crippen LogP contribution in [0.3, 0.4) is 0 Å². The van der Waals surface area contributed by atoms with Gasteiger partial charge in [-0.25, -0.2) is 4.79 Å². The smallest absolute Gasteiger partial charge is 0.334 e. The lowest BCUT2D eigenvalue weighted by molar-refractivity contribution is -0.134. The summed E-state index contributed by atoms with van der Waals surface area (Å²) in [6.07, 6.45) is 2.56. The number of hydrogen-bond acceptors (Lipinski definition) is 3. The topological polar surface area (TPSA) is 35.5 Å². The molecule has 1 aliphatic rings. The van der Waals surface area contributed by atoms with E-state index in [9.17, 15) is 4.79 Å². The molecule has 0 unspecified atom stereocenters. The number of methoxy groups -OCH3 is 1. The lowest BCUT2D eigenvalue weighted by Gasteiger charge is -1.99. The van der Waals surface area contributed by atoms with Crippen LogP contribution in [0.1, 0.15) is 12.0 Å². The van der Waals surface area contributed by atoms with Crippen molar-refractivity contribution in [2.75, 3.05) is 13.7 Å². The first-order chi connectivity index (χ1) is 7.29. The summed E-state index contributed by atoms with van der Waals surface area (Å²) in [7, 11) is 1.63. The summed E-state index contributed by atoms with van der Waals surface area (Å²) in [6, 6.07) is 7.56. The molecule has 1 saturated heterocycles. The quantitative estimate of drug-likeness (QED) is 0.546. The Kier molecular flexibility index (Phi) is 2.72. The third kappa shape index (κ3) is 2.18. The first kappa shape index (κ1) is 9.77. The number of cyclic esters (lactones) is 1. The van der Waals surface area contributed by atoms with E-state index in [0.29, 0.717) is 13.0 Å². The van der Waals surface area contributed by atoms with Crippen molar-refractivity contribution in [3.63, 3.8) is 0 Å². The largest absolute Gasteiger partial charge is 0.497 e. The van der Waals surface area contributed by atoms with Gasteiger partial charge in [-0.3, -0.25) is 0 Å². The minimum atomic E-state index is -0.203. The maximum absolute atomic E-state index is 11.2. The van der Waals surface area contributed by atoms with Crippen molar-refractivity contribution >= 4 is 12.0 Å². The first-order valence-electron chi connectivity index (χ1n) is 4.81. The van der Waals surface area contributed by atoms with Crippen LogP contribution in [0.25, 0.3) is 6.08 Å². The van der Waals surface area contributed by atoms with Gasteiger partial charge in [0.15, 0.2) is 0 Å². The predicted octanol–water partition coefficient (Wildman–Crippen LogP) is 2.03. The van der Waals surface area contributed by atoms with Crippen molar-refractivity contribution < 1.29 is 14.3 Å². The maximum Gasteiger partial charge on any atom is 0.334 e. The van der Waals surface area contributed by atoms with Crippen LogP contribution in [0, 0.1) is 0 Å². The number of hydrogen-bond donors (Lipinski definition) is 0. The fourth-order valence-corrected chi connectivity index (χ4v) is 1.48. The van der Waals surface area contributed by atoms with E-state index in [-0.39, 0.29) is 5.97 Å². The van der Waals surface area contributed by atoms with Gasteiger partial charge in [-0.2, -0.15) is 0 Å². The molecule has 0 aliphatic carbocycles. The Bertz CT molecular complexity index is 390. The predicted molar refractivity (Wildman–Crippen MR) is 56.5 cm³/mol. The van der Waals surface area contributed by atoms with Gasteiger partial charge < -0.3 is 9.47 Å². The van der Waals surface area contributed by atoms with Gasteiger partial charge in [-0.1, -0.05) is 12.1 Å². The lowest BCUT2D eigenvalue weighted by atomic mass is 10.1. The average molecular weight is 204 g/mol. The average Bonchev–Trinajstić information content (AvgIpc) is 2.66. The Hall–Kier alpha value is -1.77. The Morgan fingerprint density at radius 1 is 1.33 bits per heavy atom.